The molecule has 1 atom stereocenters. The summed E-state index contributed by atoms with van der Waals surface area (Å²) in [6, 6.07) is 24.8. The van der Waals surface area contributed by atoms with E-state index in [0.29, 0.717) is 24.4 Å². The molecule has 0 saturated carbocycles. The maximum absolute atomic E-state index is 12.5. The van der Waals surface area contributed by atoms with Crippen LogP contribution >= 0.6 is 0 Å². The summed E-state index contributed by atoms with van der Waals surface area (Å²) in [6.45, 7) is 4.53. The second-order valence-electron chi connectivity index (χ2n) is 8.33. The highest BCUT2D eigenvalue weighted by Gasteiger charge is 2.35. The summed E-state index contributed by atoms with van der Waals surface area (Å²) in [7, 11) is 0. The van der Waals surface area contributed by atoms with Gasteiger partial charge in [0.2, 0.25) is 5.91 Å². The molecule has 1 heterocycles. The number of rotatable bonds is 6. The molecule has 0 radical (unpaired) electrons. The average Bonchev–Trinajstić information content (AvgIpc) is 3.19. The minimum atomic E-state index is -0.508. The molecule has 3 aromatic rings. The molecule has 0 bridgehead atoms. The van der Waals surface area contributed by atoms with Gasteiger partial charge in [-0.15, -0.1) is 0 Å². The Morgan fingerprint density at radius 3 is 2.22 bits per heavy atom. The third kappa shape index (κ3) is 5.41. The summed E-state index contributed by atoms with van der Waals surface area (Å²) in [5.41, 5.74) is 3.99. The van der Waals surface area contributed by atoms with Gasteiger partial charge in [-0.1, -0.05) is 54.6 Å². The number of carbonyl (C=O) groups excluding carboxylic acids is 2. The lowest BCUT2D eigenvalue weighted by molar-refractivity contribution is -0.117. The maximum Gasteiger partial charge on any atom is 0.251 e. The number of benzene rings is 3. The first-order valence-corrected chi connectivity index (χ1v) is 10.6. The van der Waals surface area contributed by atoms with Crippen molar-refractivity contribution in [2.75, 3.05) is 11.9 Å². The lowest BCUT2D eigenvalue weighted by Crippen LogP contribution is -2.44. The van der Waals surface area contributed by atoms with Crippen LogP contribution in [0.4, 0.5) is 5.69 Å². The van der Waals surface area contributed by atoms with Gasteiger partial charge < -0.3 is 15.4 Å². The summed E-state index contributed by atoms with van der Waals surface area (Å²) in [6.07, 6.45) is 0. The van der Waals surface area contributed by atoms with Crippen molar-refractivity contribution in [3.63, 3.8) is 0 Å². The summed E-state index contributed by atoms with van der Waals surface area (Å²) in [5, 5.41) is 8.91. The Balaban J connectivity index is 1.29. The van der Waals surface area contributed by atoms with Crippen molar-refractivity contribution in [2.24, 2.45) is 0 Å². The van der Waals surface area contributed by atoms with Gasteiger partial charge in [-0.25, -0.2) is 0 Å². The minimum Gasteiger partial charge on any atom is -0.359 e. The van der Waals surface area contributed by atoms with Gasteiger partial charge in [-0.2, -0.15) is 0 Å². The van der Waals surface area contributed by atoms with E-state index in [1.54, 1.807) is 24.3 Å². The highest BCUT2D eigenvalue weighted by Crippen LogP contribution is 2.19. The van der Waals surface area contributed by atoms with Crippen LogP contribution in [-0.2, 0) is 16.1 Å². The van der Waals surface area contributed by atoms with Gasteiger partial charge >= 0.3 is 0 Å². The zero-order chi connectivity index (χ0) is 22.6. The molecule has 0 aromatic heterocycles. The van der Waals surface area contributed by atoms with Crippen LogP contribution in [-0.4, -0.2) is 30.2 Å². The van der Waals surface area contributed by atoms with Gasteiger partial charge in [0.1, 0.15) is 11.8 Å². The van der Waals surface area contributed by atoms with Gasteiger partial charge in [0, 0.05) is 17.8 Å². The predicted octanol–water partition coefficient (Wildman–Crippen LogP) is 3.95. The lowest BCUT2D eigenvalue weighted by atomic mass is 10.0. The molecule has 1 aliphatic heterocycles. The third-order valence-corrected chi connectivity index (χ3v) is 5.38. The highest BCUT2D eigenvalue weighted by molar-refractivity contribution is 5.97. The molecule has 1 fully saturated rings. The molecule has 0 spiro atoms. The van der Waals surface area contributed by atoms with Crippen LogP contribution < -0.4 is 16.0 Å². The Kier molecular flexibility index (Phi) is 6.35. The van der Waals surface area contributed by atoms with Crippen LogP contribution in [0, 0.1) is 0 Å². The molecule has 6 heteroatoms. The monoisotopic (exact) mass is 429 g/mol. The molecule has 1 saturated heterocycles. The van der Waals surface area contributed by atoms with Crippen LogP contribution in [0.2, 0.25) is 0 Å². The van der Waals surface area contributed by atoms with E-state index in [4.69, 9.17) is 4.74 Å². The summed E-state index contributed by atoms with van der Waals surface area (Å²) in [4.78, 5) is 24.9. The zero-order valence-corrected chi connectivity index (χ0v) is 18.2. The molecule has 3 aromatic carbocycles. The van der Waals surface area contributed by atoms with Crippen LogP contribution in [0.3, 0.4) is 0 Å². The Hall–Kier alpha value is -3.48. The van der Waals surface area contributed by atoms with Crippen molar-refractivity contribution < 1.29 is 14.3 Å². The highest BCUT2D eigenvalue weighted by atomic mass is 16.5. The fourth-order valence-electron chi connectivity index (χ4n) is 3.60. The van der Waals surface area contributed by atoms with Gasteiger partial charge in [0.05, 0.1) is 6.61 Å². The van der Waals surface area contributed by atoms with Gasteiger partial charge in [0.15, 0.2) is 0 Å². The second kappa shape index (κ2) is 9.34. The van der Waals surface area contributed by atoms with Crippen LogP contribution in [0.15, 0.2) is 78.9 Å². The molecule has 1 unspecified atom stereocenters. The number of ether oxygens (including phenoxy) is 1. The first-order valence-electron chi connectivity index (χ1n) is 10.6. The van der Waals surface area contributed by atoms with E-state index in [1.165, 1.54) is 0 Å². The molecule has 164 valence electrons. The quantitative estimate of drug-likeness (QED) is 0.554. The average molecular weight is 430 g/mol. The summed E-state index contributed by atoms with van der Waals surface area (Å²) < 4.78 is 5.53. The number of hydrogen-bond acceptors (Lipinski definition) is 4. The Morgan fingerprint density at radius 2 is 1.59 bits per heavy atom. The van der Waals surface area contributed by atoms with E-state index in [9.17, 15) is 9.59 Å². The summed E-state index contributed by atoms with van der Waals surface area (Å²) >= 11 is 0. The van der Waals surface area contributed by atoms with E-state index < -0.39 is 11.8 Å². The van der Waals surface area contributed by atoms with Gasteiger partial charge in [-0.05, 0) is 54.8 Å². The normalized spacial score (nSPS) is 17.0. The first kappa shape index (κ1) is 21.7. The van der Waals surface area contributed by atoms with E-state index in [0.717, 1.165) is 16.7 Å². The smallest absolute Gasteiger partial charge is 0.251 e. The van der Waals surface area contributed by atoms with Gasteiger partial charge in [-0.3, -0.25) is 14.9 Å². The van der Waals surface area contributed by atoms with Crippen molar-refractivity contribution in [1.82, 2.24) is 10.6 Å². The fourth-order valence-corrected chi connectivity index (χ4v) is 3.60. The number of amides is 2. The van der Waals surface area contributed by atoms with Crippen LogP contribution in [0.5, 0.6) is 0 Å². The Labute approximate surface area is 188 Å². The van der Waals surface area contributed by atoms with Crippen molar-refractivity contribution >= 4 is 17.5 Å². The topological polar surface area (TPSA) is 79.5 Å². The molecule has 0 aliphatic carbocycles. The van der Waals surface area contributed by atoms with E-state index >= 15 is 0 Å². The summed E-state index contributed by atoms with van der Waals surface area (Å²) in [5.74, 6) is -0.325. The number of carbonyl (C=O) groups is 2. The second-order valence-corrected chi connectivity index (χ2v) is 8.33. The fraction of sp³-hybridized carbons (Fsp3) is 0.231. The molecular formula is C26H27N3O3. The number of anilines is 1. The molecule has 4 rings (SSSR count). The molecule has 3 N–H and O–H groups in total. The molecule has 2 amide bonds. The van der Waals surface area contributed by atoms with E-state index in [1.807, 2.05) is 44.2 Å². The van der Waals surface area contributed by atoms with Crippen molar-refractivity contribution in [2.45, 2.75) is 32.2 Å². The van der Waals surface area contributed by atoms with E-state index in [2.05, 4.69) is 40.2 Å². The SMILES string of the molecule is CC1(C)NC(C(=O)Nc2ccc(C(=O)NCc3ccc(-c4ccccc4)cc3)cc2)CO1. The molecule has 6 nitrogen and oxygen atoms in total. The lowest BCUT2D eigenvalue weighted by Gasteiger charge is -2.17. The van der Waals surface area contributed by atoms with Gasteiger partial charge in [0.25, 0.3) is 5.91 Å². The van der Waals surface area contributed by atoms with Crippen molar-refractivity contribution in [1.29, 1.82) is 0 Å². The Bertz CT molecular complexity index is 1080. The minimum absolute atomic E-state index is 0.160. The first-order chi connectivity index (χ1) is 15.4. The van der Waals surface area contributed by atoms with E-state index in [-0.39, 0.29) is 11.8 Å². The van der Waals surface area contributed by atoms with Crippen molar-refractivity contribution in [3.8, 4) is 11.1 Å². The molecule has 32 heavy (non-hydrogen) atoms. The standard InChI is InChI=1S/C26H27N3O3/c1-26(2)29-23(17-32-26)25(31)28-22-14-12-21(13-15-22)24(30)27-16-18-8-10-20(11-9-18)19-6-4-3-5-7-19/h3-15,23,29H,16-17H2,1-2H3,(H,27,30)(H,28,31). The number of hydrogen-bond donors (Lipinski definition) is 3. The predicted molar refractivity (Wildman–Crippen MR) is 125 cm³/mol. The Morgan fingerprint density at radius 1 is 0.938 bits per heavy atom. The largest absolute Gasteiger partial charge is 0.359 e. The third-order valence-electron chi connectivity index (χ3n) is 5.38. The van der Waals surface area contributed by atoms with Crippen molar-refractivity contribution in [3.05, 3.63) is 90.0 Å². The number of nitrogens with one attached hydrogen (secondary N) is 3. The zero-order valence-electron chi connectivity index (χ0n) is 18.2. The van der Waals surface area contributed by atoms with Crippen LogP contribution in [0.25, 0.3) is 11.1 Å². The van der Waals surface area contributed by atoms with Crippen LogP contribution in [0.1, 0.15) is 29.8 Å². The maximum atomic E-state index is 12.5. The molecular weight excluding hydrogens is 402 g/mol. The molecule has 1 aliphatic rings.